The molecule has 0 bridgehead atoms. The van der Waals surface area contributed by atoms with Crippen molar-refractivity contribution in [2.24, 2.45) is 5.92 Å². The molecular weight excluding hydrogens is 224 g/mol. The summed E-state index contributed by atoms with van der Waals surface area (Å²) in [5.41, 5.74) is 2.33. The van der Waals surface area contributed by atoms with Crippen LogP contribution in [-0.2, 0) is 6.54 Å². The molecule has 0 saturated carbocycles. The number of methoxy groups -OCH3 is 1. The molecule has 0 spiro atoms. The summed E-state index contributed by atoms with van der Waals surface area (Å²) in [7, 11) is 1.68. The van der Waals surface area contributed by atoms with E-state index in [9.17, 15) is 0 Å². The standard InChI is InChI=1S/C15H20N2O/c1-12(2)8-9-17-11-14(10-16-17)13-4-6-15(18-3)7-5-13/h4-7,10-12H,8-9H2,1-3H3. The van der Waals surface area contributed by atoms with Crippen molar-refractivity contribution in [3.05, 3.63) is 36.7 Å². The molecule has 0 N–H and O–H groups in total. The van der Waals surface area contributed by atoms with Gasteiger partial charge in [-0.3, -0.25) is 4.68 Å². The Kier molecular flexibility index (Phi) is 4.03. The van der Waals surface area contributed by atoms with Crippen molar-refractivity contribution in [3.63, 3.8) is 0 Å². The van der Waals surface area contributed by atoms with E-state index in [0.717, 1.165) is 24.3 Å². The van der Waals surface area contributed by atoms with Crippen LogP contribution < -0.4 is 4.74 Å². The van der Waals surface area contributed by atoms with E-state index in [1.54, 1.807) is 7.11 Å². The fraction of sp³-hybridized carbons (Fsp3) is 0.400. The van der Waals surface area contributed by atoms with Gasteiger partial charge >= 0.3 is 0 Å². The Morgan fingerprint density at radius 2 is 1.89 bits per heavy atom. The van der Waals surface area contributed by atoms with Gasteiger partial charge in [0.25, 0.3) is 0 Å². The third-order valence-electron chi connectivity index (χ3n) is 2.99. The Morgan fingerprint density at radius 3 is 2.50 bits per heavy atom. The highest BCUT2D eigenvalue weighted by Gasteiger charge is 2.03. The molecule has 0 fully saturated rings. The third kappa shape index (κ3) is 3.13. The molecule has 1 aromatic carbocycles. The number of hydrogen-bond acceptors (Lipinski definition) is 2. The van der Waals surface area contributed by atoms with Gasteiger partial charge < -0.3 is 4.74 Å². The highest BCUT2D eigenvalue weighted by molar-refractivity contribution is 5.62. The zero-order chi connectivity index (χ0) is 13.0. The third-order valence-corrected chi connectivity index (χ3v) is 2.99. The normalized spacial score (nSPS) is 10.9. The first kappa shape index (κ1) is 12.7. The van der Waals surface area contributed by atoms with Crippen LogP contribution in [-0.4, -0.2) is 16.9 Å². The van der Waals surface area contributed by atoms with Crippen molar-refractivity contribution in [2.75, 3.05) is 7.11 Å². The van der Waals surface area contributed by atoms with Gasteiger partial charge in [0.2, 0.25) is 0 Å². The lowest BCUT2D eigenvalue weighted by molar-refractivity contribution is 0.415. The molecule has 1 heterocycles. The largest absolute Gasteiger partial charge is 0.497 e. The zero-order valence-electron chi connectivity index (χ0n) is 11.3. The van der Waals surface area contributed by atoms with E-state index < -0.39 is 0 Å². The molecule has 3 nitrogen and oxygen atoms in total. The average Bonchev–Trinajstić information content (AvgIpc) is 2.85. The maximum Gasteiger partial charge on any atom is 0.118 e. The number of rotatable bonds is 5. The minimum absolute atomic E-state index is 0.707. The van der Waals surface area contributed by atoms with Crippen molar-refractivity contribution in [1.29, 1.82) is 0 Å². The van der Waals surface area contributed by atoms with Gasteiger partial charge in [0, 0.05) is 18.3 Å². The first-order valence-corrected chi connectivity index (χ1v) is 6.36. The Morgan fingerprint density at radius 1 is 1.17 bits per heavy atom. The number of nitrogens with zero attached hydrogens (tertiary/aromatic N) is 2. The topological polar surface area (TPSA) is 27.1 Å². The Labute approximate surface area is 108 Å². The van der Waals surface area contributed by atoms with Crippen LogP contribution in [0.3, 0.4) is 0 Å². The first-order chi connectivity index (χ1) is 8.69. The van der Waals surface area contributed by atoms with E-state index >= 15 is 0 Å². The molecule has 2 aromatic rings. The van der Waals surface area contributed by atoms with Gasteiger partial charge in [-0.05, 0) is 30.0 Å². The smallest absolute Gasteiger partial charge is 0.118 e. The second-order valence-electron chi connectivity index (χ2n) is 4.90. The molecule has 2 rings (SSSR count). The van der Waals surface area contributed by atoms with Crippen LogP contribution in [0.1, 0.15) is 20.3 Å². The van der Waals surface area contributed by atoms with E-state index in [2.05, 4.69) is 37.3 Å². The molecule has 0 saturated heterocycles. The van der Waals surface area contributed by atoms with Crippen LogP contribution in [0.4, 0.5) is 0 Å². The highest BCUT2D eigenvalue weighted by atomic mass is 16.5. The summed E-state index contributed by atoms with van der Waals surface area (Å²) in [4.78, 5) is 0. The van der Waals surface area contributed by atoms with Crippen LogP contribution in [0.2, 0.25) is 0 Å². The van der Waals surface area contributed by atoms with E-state index in [0.29, 0.717) is 5.92 Å². The summed E-state index contributed by atoms with van der Waals surface area (Å²) in [6.45, 7) is 5.44. The summed E-state index contributed by atoms with van der Waals surface area (Å²) < 4.78 is 7.17. The SMILES string of the molecule is COc1ccc(-c2cnn(CCC(C)C)c2)cc1. The van der Waals surface area contributed by atoms with E-state index in [4.69, 9.17) is 4.74 Å². The fourth-order valence-corrected chi connectivity index (χ4v) is 1.81. The van der Waals surface area contributed by atoms with E-state index in [1.807, 2.05) is 23.0 Å². The van der Waals surface area contributed by atoms with Gasteiger partial charge in [-0.25, -0.2) is 0 Å². The van der Waals surface area contributed by atoms with Crippen LogP contribution in [0.5, 0.6) is 5.75 Å². The number of aryl methyl sites for hydroxylation is 1. The van der Waals surface area contributed by atoms with Crippen molar-refractivity contribution in [3.8, 4) is 16.9 Å². The van der Waals surface area contributed by atoms with Gasteiger partial charge in [-0.2, -0.15) is 5.10 Å². The Balaban J connectivity index is 2.08. The lowest BCUT2D eigenvalue weighted by Gasteiger charge is -2.04. The molecule has 0 aliphatic heterocycles. The van der Waals surface area contributed by atoms with Crippen molar-refractivity contribution < 1.29 is 4.74 Å². The van der Waals surface area contributed by atoms with Crippen molar-refractivity contribution in [2.45, 2.75) is 26.8 Å². The molecule has 0 radical (unpaired) electrons. The lowest BCUT2D eigenvalue weighted by atomic mass is 10.1. The van der Waals surface area contributed by atoms with Gasteiger partial charge in [0.1, 0.15) is 5.75 Å². The summed E-state index contributed by atoms with van der Waals surface area (Å²) in [5, 5.41) is 4.39. The molecule has 0 atom stereocenters. The maximum absolute atomic E-state index is 5.15. The van der Waals surface area contributed by atoms with Gasteiger partial charge in [0.05, 0.1) is 13.3 Å². The zero-order valence-corrected chi connectivity index (χ0v) is 11.3. The summed E-state index contributed by atoms with van der Waals surface area (Å²) >= 11 is 0. The molecule has 0 aliphatic carbocycles. The molecule has 0 aliphatic rings. The molecule has 0 amide bonds. The lowest BCUT2D eigenvalue weighted by Crippen LogP contribution is -2.01. The minimum atomic E-state index is 0.707. The van der Waals surface area contributed by atoms with E-state index in [1.165, 1.54) is 5.56 Å². The van der Waals surface area contributed by atoms with Gasteiger partial charge in [-0.1, -0.05) is 26.0 Å². The fourth-order valence-electron chi connectivity index (χ4n) is 1.81. The monoisotopic (exact) mass is 244 g/mol. The second kappa shape index (κ2) is 5.71. The highest BCUT2D eigenvalue weighted by Crippen LogP contribution is 2.21. The van der Waals surface area contributed by atoms with Crippen LogP contribution in [0, 0.1) is 5.92 Å². The molecular formula is C15H20N2O. The van der Waals surface area contributed by atoms with E-state index in [-0.39, 0.29) is 0 Å². The Bertz CT molecular complexity index is 485. The van der Waals surface area contributed by atoms with Crippen LogP contribution in [0.15, 0.2) is 36.7 Å². The molecule has 96 valence electrons. The number of hydrogen-bond donors (Lipinski definition) is 0. The van der Waals surface area contributed by atoms with Crippen LogP contribution in [0.25, 0.3) is 11.1 Å². The molecule has 0 unspecified atom stereocenters. The molecule has 3 heteroatoms. The maximum atomic E-state index is 5.15. The summed E-state index contributed by atoms with van der Waals surface area (Å²) in [6, 6.07) is 8.06. The van der Waals surface area contributed by atoms with Gasteiger partial charge in [0.15, 0.2) is 0 Å². The first-order valence-electron chi connectivity index (χ1n) is 6.36. The number of aromatic nitrogens is 2. The second-order valence-corrected chi connectivity index (χ2v) is 4.90. The van der Waals surface area contributed by atoms with Crippen molar-refractivity contribution >= 4 is 0 Å². The van der Waals surface area contributed by atoms with Crippen molar-refractivity contribution in [1.82, 2.24) is 9.78 Å². The van der Waals surface area contributed by atoms with Crippen LogP contribution >= 0.6 is 0 Å². The summed E-state index contributed by atoms with van der Waals surface area (Å²) in [5.74, 6) is 1.59. The summed E-state index contributed by atoms with van der Waals surface area (Å²) in [6.07, 6.45) is 5.18. The quantitative estimate of drug-likeness (QED) is 0.803. The average molecular weight is 244 g/mol. The number of benzene rings is 1. The minimum Gasteiger partial charge on any atom is -0.497 e. The number of ether oxygens (including phenoxy) is 1. The molecule has 18 heavy (non-hydrogen) atoms. The Hall–Kier alpha value is -1.77. The molecule has 1 aromatic heterocycles. The predicted molar refractivity (Wildman–Crippen MR) is 73.7 cm³/mol. The van der Waals surface area contributed by atoms with Gasteiger partial charge in [-0.15, -0.1) is 0 Å². The predicted octanol–water partition coefficient (Wildman–Crippen LogP) is 3.60.